The van der Waals surface area contributed by atoms with Gasteiger partial charge in [0, 0.05) is 26.1 Å². The van der Waals surface area contributed by atoms with E-state index in [4.69, 9.17) is 16.3 Å². The van der Waals surface area contributed by atoms with Gasteiger partial charge in [0.05, 0.1) is 30.1 Å². The van der Waals surface area contributed by atoms with Crippen LogP contribution in [0.15, 0.2) is 12.5 Å². The van der Waals surface area contributed by atoms with Crippen molar-refractivity contribution in [2.24, 2.45) is 5.41 Å². The van der Waals surface area contributed by atoms with Gasteiger partial charge in [-0.25, -0.2) is 14.6 Å². The maximum Gasteiger partial charge on any atom is 0.226 e. The number of fused-ring (bicyclic) bond motifs is 1. The lowest BCUT2D eigenvalue weighted by molar-refractivity contribution is -0.128. The predicted molar refractivity (Wildman–Crippen MR) is 93.2 cm³/mol. The summed E-state index contributed by atoms with van der Waals surface area (Å²) in [5, 5.41) is 11.2. The predicted octanol–water partition coefficient (Wildman–Crippen LogP) is 1.27. The van der Waals surface area contributed by atoms with Gasteiger partial charge in [0.15, 0.2) is 5.65 Å². The number of amides is 1. The summed E-state index contributed by atoms with van der Waals surface area (Å²) in [6.07, 6.45) is 3.21. The lowest BCUT2D eigenvalue weighted by Crippen LogP contribution is -2.39. The fraction of sp³-hybridized carbons (Fsp3) is 0.600. The highest BCUT2D eigenvalue weighted by Gasteiger charge is 2.25. The van der Waals surface area contributed by atoms with E-state index in [0.717, 1.165) is 16.9 Å². The van der Waals surface area contributed by atoms with Crippen molar-refractivity contribution in [1.29, 1.82) is 0 Å². The van der Waals surface area contributed by atoms with Crippen LogP contribution in [0.5, 0.6) is 0 Å². The average Bonchev–Trinajstić information content (AvgIpc) is 2.99. The third-order valence-electron chi connectivity index (χ3n) is 3.59. The highest BCUT2D eigenvalue weighted by atomic mass is 35.5. The third-order valence-corrected chi connectivity index (χ3v) is 4.26. The summed E-state index contributed by atoms with van der Waals surface area (Å²) in [5.74, 6) is 0.911. The molecule has 0 bridgehead atoms. The molecular formula is C15H23ClN6O2. The first-order valence-electron chi connectivity index (χ1n) is 7.73. The molecule has 0 fully saturated rings. The van der Waals surface area contributed by atoms with Gasteiger partial charge in [-0.3, -0.25) is 4.79 Å². The summed E-state index contributed by atoms with van der Waals surface area (Å²) in [4.78, 5) is 20.5. The number of rotatable bonds is 9. The van der Waals surface area contributed by atoms with E-state index in [2.05, 4.69) is 25.7 Å². The molecule has 8 nitrogen and oxygen atoms in total. The first-order chi connectivity index (χ1) is 11.5. The van der Waals surface area contributed by atoms with Gasteiger partial charge in [-0.1, -0.05) is 0 Å². The molecule has 132 valence electrons. The Bertz CT molecular complexity index is 688. The Morgan fingerprint density at radius 3 is 2.88 bits per heavy atom. The Balaban J connectivity index is 2.00. The van der Waals surface area contributed by atoms with E-state index in [1.165, 1.54) is 6.33 Å². The molecule has 9 heteroatoms. The van der Waals surface area contributed by atoms with Crippen LogP contribution in [0.25, 0.3) is 11.0 Å². The second-order valence-electron chi connectivity index (χ2n) is 6.02. The molecule has 2 heterocycles. The zero-order valence-electron chi connectivity index (χ0n) is 14.2. The first kappa shape index (κ1) is 18.4. The van der Waals surface area contributed by atoms with Crippen LogP contribution in [0.3, 0.4) is 0 Å². The van der Waals surface area contributed by atoms with Crippen LogP contribution in [0.4, 0.5) is 5.82 Å². The molecule has 24 heavy (non-hydrogen) atoms. The maximum atomic E-state index is 12.0. The minimum atomic E-state index is -0.589. The van der Waals surface area contributed by atoms with Crippen LogP contribution in [0.2, 0.25) is 0 Å². The van der Waals surface area contributed by atoms with Crippen molar-refractivity contribution in [3.05, 3.63) is 12.5 Å². The van der Waals surface area contributed by atoms with Crippen molar-refractivity contribution in [1.82, 2.24) is 25.1 Å². The Labute approximate surface area is 145 Å². The number of carbonyl (C=O) groups is 1. The summed E-state index contributed by atoms with van der Waals surface area (Å²) >= 11 is 5.80. The monoisotopic (exact) mass is 354 g/mol. The lowest BCUT2D eigenvalue weighted by atomic mass is 9.95. The molecule has 2 aromatic heterocycles. The van der Waals surface area contributed by atoms with Gasteiger partial charge < -0.3 is 15.4 Å². The molecule has 0 saturated heterocycles. The van der Waals surface area contributed by atoms with Crippen LogP contribution in [-0.2, 0) is 16.1 Å². The summed E-state index contributed by atoms with van der Waals surface area (Å²) in [6.45, 7) is 5.82. The van der Waals surface area contributed by atoms with Crippen LogP contribution in [-0.4, -0.2) is 58.3 Å². The Kier molecular flexibility index (Phi) is 6.33. The zero-order valence-corrected chi connectivity index (χ0v) is 14.9. The van der Waals surface area contributed by atoms with Gasteiger partial charge in [-0.2, -0.15) is 5.10 Å². The van der Waals surface area contributed by atoms with Crippen LogP contribution >= 0.6 is 11.6 Å². The second-order valence-corrected chi connectivity index (χ2v) is 6.29. The van der Waals surface area contributed by atoms with E-state index in [1.54, 1.807) is 18.0 Å². The van der Waals surface area contributed by atoms with Crippen molar-refractivity contribution < 1.29 is 9.53 Å². The molecular weight excluding hydrogens is 332 g/mol. The van der Waals surface area contributed by atoms with Crippen molar-refractivity contribution >= 4 is 34.4 Å². The van der Waals surface area contributed by atoms with Crippen molar-refractivity contribution in [2.45, 2.75) is 20.4 Å². The highest BCUT2D eigenvalue weighted by molar-refractivity contribution is 6.19. The molecule has 0 aliphatic carbocycles. The Hall–Kier alpha value is -1.93. The van der Waals surface area contributed by atoms with E-state index >= 15 is 0 Å². The van der Waals surface area contributed by atoms with Crippen LogP contribution < -0.4 is 10.6 Å². The van der Waals surface area contributed by atoms with E-state index in [1.807, 2.05) is 13.8 Å². The average molecular weight is 355 g/mol. The van der Waals surface area contributed by atoms with E-state index in [9.17, 15) is 4.79 Å². The van der Waals surface area contributed by atoms with Crippen molar-refractivity contribution in [3.63, 3.8) is 0 Å². The summed E-state index contributed by atoms with van der Waals surface area (Å²) in [7, 11) is 1.65. The molecule has 2 rings (SSSR count). The quantitative estimate of drug-likeness (QED) is 0.520. The molecule has 0 aromatic carbocycles. The van der Waals surface area contributed by atoms with E-state index in [0.29, 0.717) is 26.2 Å². The summed E-state index contributed by atoms with van der Waals surface area (Å²) < 4.78 is 6.76. The summed E-state index contributed by atoms with van der Waals surface area (Å²) in [6, 6.07) is 0. The zero-order chi connectivity index (χ0) is 17.6. The molecule has 1 amide bonds. The number of aromatic nitrogens is 4. The number of nitrogens with one attached hydrogen (secondary N) is 2. The highest BCUT2D eigenvalue weighted by Crippen LogP contribution is 2.19. The lowest BCUT2D eigenvalue weighted by Gasteiger charge is -2.20. The minimum absolute atomic E-state index is 0.0782. The molecule has 0 aliphatic rings. The third kappa shape index (κ3) is 4.33. The molecule has 0 spiro atoms. The molecule has 2 aromatic rings. The summed E-state index contributed by atoms with van der Waals surface area (Å²) in [5.41, 5.74) is 0.129. The number of hydrogen-bond donors (Lipinski definition) is 2. The topological polar surface area (TPSA) is 94.0 Å². The number of methoxy groups -OCH3 is 1. The second kappa shape index (κ2) is 8.25. The van der Waals surface area contributed by atoms with Gasteiger partial charge in [0.25, 0.3) is 0 Å². The molecule has 0 radical (unpaired) electrons. The smallest absolute Gasteiger partial charge is 0.226 e. The number of carbonyl (C=O) groups excluding carboxylic acids is 1. The molecule has 0 saturated carbocycles. The van der Waals surface area contributed by atoms with Gasteiger partial charge >= 0.3 is 0 Å². The standard InChI is InChI=1S/C15H23ClN6O2/c1-15(2,9-16)14(23)18-4-6-22-13-11(8-21-22)12(19-10-20-13)17-5-7-24-3/h8,10H,4-7,9H2,1-3H3,(H,18,23)(H,17,19,20). The van der Waals surface area contributed by atoms with Crippen molar-refractivity contribution in [3.8, 4) is 0 Å². The van der Waals surface area contributed by atoms with E-state index in [-0.39, 0.29) is 11.8 Å². The van der Waals surface area contributed by atoms with Gasteiger partial charge in [-0.15, -0.1) is 11.6 Å². The molecule has 0 atom stereocenters. The van der Waals surface area contributed by atoms with E-state index < -0.39 is 5.41 Å². The van der Waals surface area contributed by atoms with Gasteiger partial charge in [0.1, 0.15) is 12.1 Å². The number of ether oxygens (including phenoxy) is 1. The number of hydrogen-bond acceptors (Lipinski definition) is 6. The number of anilines is 1. The Morgan fingerprint density at radius 1 is 1.38 bits per heavy atom. The number of halogens is 1. The molecule has 0 unspecified atom stereocenters. The van der Waals surface area contributed by atoms with Crippen molar-refractivity contribution in [2.75, 3.05) is 38.0 Å². The maximum absolute atomic E-state index is 12.0. The fourth-order valence-electron chi connectivity index (χ4n) is 2.04. The largest absolute Gasteiger partial charge is 0.383 e. The van der Waals surface area contributed by atoms with Gasteiger partial charge in [0.2, 0.25) is 5.91 Å². The molecule has 2 N–H and O–H groups in total. The first-order valence-corrected chi connectivity index (χ1v) is 8.26. The number of nitrogens with zero attached hydrogens (tertiary/aromatic N) is 4. The van der Waals surface area contributed by atoms with Crippen LogP contribution in [0, 0.1) is 5.41 Å². The fourth-order valence-corrected chi connectivity index (χ4v) is 2.17. The Morgan fingerprint density at radius 2 is 2.17 bits per heavy atom. The van der Waals surface area contributed by atoms with Crippen LogP contribution in [0.1, 0.15) is 13.8 Å². The van der Waals surface area contributed by atoms with Gasteiger partial charge in [-0.05, 0) is 13.8 Å². The molecule has 0 aliphatic heterocycles. The minimum Gasteiger partial charge on any atom is -0.383 e. The normalized spacial score (nSPS) is 11.7. The SMILES string of the molecule is COCCNc1ncnc2c1cnn2CCNC(=O)C(C)(C)CCl. The number of alkyl halides is 1.